The Kier molecular flexibility index (Phi) is 2.22. The lowest BCUT2D eigenvalue weighted by atomic mass is 10.2. The first-order valence-corrected chi connectivity index (χ1v) is 4.06. The van der Waals surface area contributed by atoms with Crippen LogP contribution in [0.4, 0.5) is 4.39 Å². The van der Waals surface area contributed by atoms with Gasteiger partial charge in [-0.25, -0.2) is 9.37 Å². The molecule has 0 bridgehead atoms. The van der Waals surface area contributed by atoms with Gasteiger partial charge in [0.25, 0.3) is 0 Å². The van der Waals surface area contributed by atoms with Crippen LogP contribution in [0.3, 0.4) is 0 Å². The molecule has 2 nitrogen and oxygen atoms in total. The van der Waals surface area contributed by atoms with Crippen molar-refractivity contribution in [1.82, 2.24) is 4.98 Å². The number of hydrogen-bond donors (Lipinski definition) is 0. The van der Waals surface area contributed by atoms with E-state index in [1.54, 1.807) is 6.20 Å². The number of alkyl halides is 1. The molecule has 0 spiro atoms. The molecule has 3 heteroatoms. The maximum atomic E-state index is 13.2. The van der Waals surface area contributed by atoms with Gasteiger partial charge in [0.1, 0.15) is 5.76 Å². The quantitative estimate of drug-likeness (QED) is 0.683. The molecule has 0 amide bonds. The van der Waals surface area contributed by atoms with E-state index < -0.39 is 5.67 Å². The molecule has 12 heavy (non-hydrogen) atoms. The highest BCUT2D eigenvalue weighted by Gasteiger charge is 2.25. The predicted octanol–water partition coefficient (Wildman–Crippen LogP) is 3.00. The average molecular weight is 171 g/mol. The second-order valence-corrected chi connectivity index (χ2v) is 3.69. The molecule has 1 aromatic heterocycles. The molecule has 0 saturated heterocycles. The molecule has 0 unspecified atom stereocenters. The summed E-state index contributed by atoms with van der Waals surface area (Å²) in [6.07, 6.45) is 1.58. The monoisotopic (exact) mass is 171 g/mol. The maximum Gasteiger partial charge on any atom is 0.231 e. The third-order valence-corrected chi connectivity index (χ3v) is 1.60. The van der Waals surface area contributed by atoms with Crippen LogP contribution < -0.4 is 0 Å². The van der Waals surface area contributed by atoms with Crippen molar-refractivity contribution in [3.05, 3.63) is 17.8 Å². The summed E-state index contributed by atoms with van der Waals surface area (Å²) in [6.45, 7) is 6.83. The Morgan fingerprint density at radius 2 is 2.08 bits per heavy atom. The van der Waals surface area contributed by atoms with Crippen molar-refractivity contribution in [1.29, 1.82) is 0 Å². The molecule has 0 aliphatic rings. The Morgan fingerprint density at radius 1 is 1.50 bits per heavy atom. The van der Waals surface area contributed by atoms with Crippen LogP contribution in [0.2, 0.25) is 0 Å². The topological polar surface area (TPSA) is 26.0 Å². The zero-order chi connectivity index (χ0) is 9.35. The van der Waals surface area contributed by atoms with Gasteiger partial charge in [-0.15, -0.1) is 0 Å². The van der Waals surface area contributed by atoms with Crippen molar-refractivity contribution >= 4 is 0 Å². The number of rotatable bonds is 2. The zero-order valence-corrected chi connectivity index (χ0v) is 7.89. The van der Waals surface area contributed by atoms with E-state index >= 15 is 0 Å². The van der Waals surface area contributed by atoms with Gasteiger partial charge in [-0.05, 0) is 13.8 Å². The Hall–Kier alpha value is -0.860. The molecule has 0 atom stereocenters. The van der Waals surface area contributed by atoms with E-state index in [2.05, 4.69) is 4.98 Å². The molecular formula is C9H14FNO. The fraction of sp³-hybridized carbons (Fsp3) is 0.667. The van der Waals surface area contributed by atoms with Crippen LogP contribution >= 0.6 is 0 Å². The third kappa shape index (κ3) is 1.84. The number of aromatic nitrogens is 1. The minimum absolute atomic E-state index is 0.159. The standard InChI is InChI=1S/C9H14FNO/c1-6(2)7-5-11-8(12-7)9(3,4)10/h5-6H,1-4H3. The first-order chi connectivity index (χ1) is 5.41. The van der Waals surface area contributed by atoms with Crippen LogP contribution in [0.1, 0.15) is 45.3 Å². The summed E-state index contributed by atoms with van der Waals surface area (Å²) in [4.78, 5) is 3.87. The highest BCUT2D eigenvalue weighted by atomic mass is 19.1. The van der Waals surface area contributed by atoms with Crippen molar-refractivity contribution in [3.8, 4) is 0 Å². The molecule has 0 aliphatic carbocycles. The van der Waals surface area contributed by atoms with Gasteiger partial charge in [0.05, 0.1) is 6.20 Å². The van der Waals surface area contributed by atoms with Gasteiger partial charge in [-0.2, -0.15) is 0 Å². The van der Waals surface area contributed by atoms with Crippen molar-refractivity contribution in [2.75, 3.05) is 0 Å². The second-order valence-electron chi connectivity index (χ2n) is 3.69. The SMILES string of the molecule is CC(C)c1cnc(C(C)(C)F)o1. The van der Waals surface area contributed by atoms with Gasteiger partial charge in [-0.3, -0.25) is 0 Å². The average Bonchev–Trinajstić information content (AvgIpc) is 2.30. The molecule has 0 fully saturated rings. The second kappa shape index (κ2) is 2.88. The minimum atomic E-state index is -1.48. The molecule has 0 saturated carbocycles. The van der Waals surface area contributed by atoms with Crippen LogP contribution in [0.15, 0.2) is 10.6 Å². The van der Waals surface area contributed by atoms with Gasteiger partial charge in [0.15, 0.2) is 5.67 Å². The lowest BCUT2D eigenvalue weighted by Gasteiger charge is -2.07. The summed E-state index contributed by atoms with van der Waals surface area (Å²) >= 11 is 0. The predicted molar refractivity (Wildman–Crippen MR) is 44.7 cm³/mol. The van der Waals surface area contributed by atoms with E-state index in [4.69, 9.17) is 4.42 Å². The van der Waals surface area contributed by atoms with E-state index in [9.17, 15) is 4.39 Å². The third-order valence-electron chi connectivity index (χ3n) is 1.60. The summed E-state index contributed by atoms with van der Waals surface area (Å²) < 4.78 is 18.5. The summed E-state index contributed by atoms with van der Waals surface area (Å²) in [6, 6.07) is 0. The van der Waals surface area contributed by atoms with Gasteiger partial charge in [-0.1, -0.05) is 13.8 Å². The normalized spacial score (nSPS) is 12.5. The maximum absolute atomic E-state index is 13.2. The van der Waals surface area contributed by atoms with Gasteiger partial charge >= 0.3 is 0 Å². The van der Waals surface area contributed by atoms with Crippen molar-refractivity contribution in [2.24, 2.45) is 0 Å². The number of hydrogen-bond acceptors (Lipinski definition) is 2. The molecule has 0 aromatic carbocycles. The van der Waals surface area contributed by atoms with Gasteiger partial charge in [0, 0.05) is 5.92 Å². The zero-order valence-electron chi connectivity index (χ0n) is 7.89. The first kappa shape index (κ1) is 9.23. The minimum Gasteiger partial charge on any atom is -0.442 e. The van der Waals surface area contributed by atoms with Crippen molar-refractivity contribution < 1.29 is 8.81 Å². The van der Waals surface area contributed by atoms with Crippen molar-refractivity contribution in [3.63, 3.8) is 0 Å². The fourth-order valence-electron chi connectivity index (χ4n) is 0.828. The van der Waals surface area contributed by atoms with Crippen LogP contribution in [0.25, 0.3) is 0 Å². The van der Waals surface area contributed by atoms with Gasteiger partial charge < -0.3 is 4.42 Å². The number of nitrogens with zero attached hydrogens (tertiary/aromatic N) is 1. The van der Waals surface area contributed by atoms with Crippen LogP contribution in [0.5, 0.6) is 0 Å². The Bertz CT molecular complexity index is 260. The van der Waals surface area contributed by atoms with Crippen molar-refractivity contribution in [2.45, 2.75) is 39.3 Å². The smallest absolute Gasteiger partial charge is 0.231 e. The van der Waals surface area contributed by atoms with Crippen LogP contribution in [-0.4, -0.2) is 4.98 Å². The first-order valence-electron chi connectivity index (χ1n) is 4.06. The van der Waals surface area contributed by atoms with E-state index in [1.807, 2.05) is 13.8 Å². The molecule has 0 aliphatic heterocycles. The summed E-state index contributed by atoms with van der Waals surface area (Å²) in [5, 5.41) is 0. The summed E-state index contributed by atoms with van der Waals surface area (Å²) in [5.41, 5.74) is -1.48. The number of oxazole rings is 1. The molecule has 0 radical (unpaired) electrons. The van der Waals surface area contributed by atoms with Crippen LogP contribution in [0, 0.1) is 0 Å². The molecule has 1 rings (SSSR count). The molecule has 1 heterocycles. The number of halogens is 1. The lowest BCUT2D eigenvalue weighted by Crippen LogP contribution is -2.08. The van der Waals surface area contributed by atoms with E-state index in [-0.39, 0.29) is 11.8 Å². The lowest BCUT2D eigenvalue weighted by molar-refractivity contribution is 0.166. The highest BCUT2D eigenvalue weighted by Crippen LogP contribution is 2.26. The molecule has 68 valence electrons. The highest BCUT2D eigenvalue weighted by molar-refractivity contribution is 5.03. The summed E-state index contributed by atoms with van der Waals surface area (Å²) in [5.74, 6) is 1.15. The van der Waals surface area contributed by atoms with E-state index in [0.717, 1.165) is 5.76 Å². The van der Waals surface area contributed by atoms with E-state index in [1.165, 1.54) is 13.8 Å². The largest absolute Gasteiger partial charge is 0.442 e. The Labute approximate surface area is 71.8 Å². The molecular weight excluding hydrogens is 157 g/mol. The summed E-state index contributed by atoms with van der Waals surface area (Å²) in [7, 11) is 0. The van der Waals surface area contributed by atoms with Crippen LogP contribution in [-0.2, 0) is 5.67 Å². The van der Waals surface area contributed by atoms with E-state index in [0.29, 0.717) is 0 Å². The molecule has 1 aromatic rings. The fourth-order valence-corrected chi connectivity index (χ4v) is 0.828. The Balaban J connectivity index is 2.92. The molecule has 0 N–H and O–H groups in total. The van der Waals surface area contributed by atoms with Gasteiger partial charge in [0.2, 0.25) is 5.89 Å². The Morgan fingerprint density at radius 3 is 2.33 bits per heavy atom.